The SMILES string of the molecule is CC(C)=CC(=O)c1cc2ccccc2oc1=O. The van der Waals surface area contributed by atoms with Crippen molar-refractivity contribution in [3.63, 3.8) is 0 Å². The van der Waals surface area contributed by atoms with Gasteiger partial charge in [-0.2, -0.15) is 0 Å². The number of benzene rings is 1. The Morgan fingerprint density at radius 2 is 1.94 bits per heavy atom. The van der Waals surface area contributed by atoms with E-state index in [1.54, 1.807) is 38.1 Å². The van der Waals surface area contributed by atoms with Crippen LogP contribution in [-0.4, -0.2) is 5.78 Å². The molecule has 0 unspecified atom stereocenters. The molecule has 2 rings (SSSR count). The predicted molar refractivity (Wildman–Crippen MR) is 66.2 cm³/mol. The third-order valence-corrected chi connectivity index (χ3v) is 2.33. The summed E-state index contributed by atoms with van der Waals surface area (Å²) in [7, 11) is 0. The molecule has 0 amide bonds. The van der Waals surface area contributed by atoms with E-state index in [-0.39, 0.29) is 11.3 Å². The van der Waals surface area contributed by atoms with Crippen LogP contribution in [0.2, 0.25) is 0 Å². The summed E-state index contributed by atoms with van der Waals surface area (Å²) in [5.41, 5.74) is 0.824. The van der Waals surface area contributed by atoms with Crippen molar-refractivity contribution in [3.05, 3.63) is 58.0 Å². The van der Waals surface area contributed by atoms with Crippen LogP contribution in [-0.2, 0) is 0 Å². The number of hydrogen-bond donors (Lipinski definition) is 0. The number of fused-ring (bicyclic) bond motifs is 1. The molecule has 0 saturated carbocycles. The number of carbonyl (C=O) groups excluding carboxylic acids is 1. The average Bonchev–Trinajstić information content (AvgIpc) is 2.27. The Hall–Kier alpha value is -2.16. The van der Waals surface area contributed by atoms with Crippen LogP contribution >= 0.6 is 0 Å². The fraction of sp³-hybridized carbons (Fsp3) is 0.143. The van der Waals surface area contributed by atoms with Gasteiger partial charge in [0.05, 0.1) is 0 Å². The summed E-state index contributed by atoms with van der Waals surface area (Å²) < 4.78 is 5.09. The van der Waals surface area contributed by atoms with E-state index in [4.69, 9.17) is 4.42 Å². The van der Waals surface area contributed by atoms with Gasteiger partial charge in [0.2, 0.25) is 0 Å². The van der Waals surface area contributed by atoms with Gasteiger partial charge in [-0.15, -0.1) is 0 Å². The van der Waals surface area contributed by atoms with Crippen molar-refractivity contribution in [2.75, 3.05) is 0 Å². The molecule has 1 aromatic heterocycles. The topological polar surface area (TPSA) is 47.3 Å². The number of allylic oxidation sites excluding steroid dienone is 2. The Morgan fingerprint density at radius 1 is 1.24 bits per heavy atom. The van der Waals surface area contributed by atoms with Crippen LogP contribution in [0.5, 0.6) is 0 Å². The summed E-state index contributed by atoms with van der Waals surface area (Å²) in [6, 6.07) is 8.69. The maximum absolute atomic E-state index is 11.8. The van der Waals surface area contributed by atoms with Crippen molar-refractivity contribution in [2.45, 2.75) is 13.8 Å². The average molecular weight is 228 g/mol. The molecule has 0 fully saturated rings. The normalized spacial score (nSPS) is 10.2. The van der Waals surface area contributed by atoms with Crippen LogP contribution < -0.4 is 5.63 Å². The van der Waals surface area contributed by atoms with Crippen molar-refractivity contribution in [1.29, 1.82) is 0 Å². The minimum absolute atomic E-state index is 0.0740. The molecular formula is C14H12O3. The summed E-state index contributed by atoms with van der Waals surface area (Å²) in [4.78, 5) is 23.4. The Morgan fingerprint density at radius 3 is 2.65 bits per heavy atom. The lowest BCUT2D eigenvalue weighted by Gasteiger charge is -1.99. The van der Waals surface area contributed by atoms with Gasteiger partial charge in [0.1, 0.15) is 11.1 Å². The number of ketones is 1. The van der Waals surface area contributed by atoms with Crippen molar-refractivity contribution in [3.8, 4) is 0 Å². The second-order valence-electron chi connectivity index (χ2n) is 4.07. The van der Waals surface area contributed by atoms with Crippen molar-refractivity contribution < 1.29 is 9.21 Å². The molecule has 2 aromatic rings. The predicted octanol–water partition coefficient (Wildman–Crippen LogP) is 2.94. The quantitative estimate of drug-likeness (QED) is 0.451. The van der Waals surface area contributed by atoms with Crippen LogP contribution in [0.15, 0.2) is 51.2 Å². The van der Waals surface area contributed by atoms with Crippen molar-refractivity contribution in [1.82, 2.24) is 0 Å². The Labute approximate surface area is 98.4 Å². The molecule has 0 N–H and O–H groups in total. The van der Waals surface area contributed by atoms with E-state index in [9.17, 15) is 9.59 Å². The number of hydrogen-bond acceptors (Lipinski definition) is 3. The Balaban J connectivity index is 2.63. The van der Waals surface area contributed by atoms with E-state index in [0.717, 1.165) is 11.0 Å². The Kier molecular flexibility index (Phi) is 2.91. The van der Waals surface area contributed by atoms with Gasteiger partial charge in [-0.25, -0.2) is 4.79 Å². The minimum atomic E-state index is -0.591. The molecule has 0 spiro atoms. The molecule has 1 heterocycles. The lowest BCUT2D eigenvalue weighted by atomic mass is 10.1. The largest absolute Gasteiger partial charge is 0.422 e. The molecule has 86 valence electrons. The van der Waals surface area contributed by atoms with Gasteiger partial charge in [-0.05, 0) is 32.1 Å². The molecule has 0 aliphatic heterocycles. The number of rotatable bonds is 2. The lowest BCUT2D eigenvalue weighted by Crippen LogP contribution is -2.12. The first-order valence-corrected chi connectivity index (χ1v) is 5.30. The Bertz CT molecular complexity index is 658. The first kappa shape index (κ1) is 11.3. The number of para-hydroxylation sites is 1. The number of carbonyl (C=O) groups is 1. The first-order valence-electron chi connectivity index (χ1n) is 5.30. The van der Waals surface area contributed by atoms with Gasteiger partial charge in [0.25, 0.3) is 0 Å². The zero-order valence-electron chi connectivity index (χ0n) is 9.69. The maximum atomic E-state index is 11.8. The van der Waals surface area contributed by atoms with Gasteiger partial charge in [0, 0.05) is 5.39 Å². The fourth-order valence-electron chi connectivity index (χ4n) is 1.57. The third-order valence-electron chi connectivity index (χ3n) is 2.33. The molecule has 3 heteroatoms. The second kappa shape index (κ2) is 4.37. The van der Waals surface area contributed by atoms with Crippen molar-refractivity contribution in [2.24, 2.45) is 0 Å². The summed E-state index contributed by atoms with van der Waals surface area (Å²) in [5, 5.41) is 0.748. The van der Waals surface area contributed by atoms with Crippen LogP contribution in [0.4, 0.5) is 0 Å². The minimum Gasteiger partial charge on any atom is -0.422 e. The van der Waals surface area contributed by atoms with Crippen LogP contribution in [0.1, 0.15) is 24.2 Å². The summed E-state index contributed by atoms with van der Waals surface area (Å²) in [6.45, 7) is 3.61. The smallest absolute Gasteiger partial charge is 0.347 e. The summed E-state index contributed by atoms with van der Waals surface area (Å²) in [5.74, 6) is -0.315. The first-order chi connectivity index (χ1) is 8.08. The van der Waals surface area contributed by atoms with E-state index in [0.29, 0.717) is 5.58 Å². The van der Waals surface area contributed by atoms with Crippen LogP contribution in [0.3, 0.4) is 0 Å². The standard InChI is InChI=1S/C14H12O3/c1-9(2)7-12(15)11-8-10-5-3-4-6-13(10)17-14(11)16/h3-8H,1-2H3. The maximum Gasteiger partial charge on any atom is 0.347 e. The second-order valence-corrected chi connectivity index (χ2v) is 4.07. The molecule has 3 nitrogen and oxygen atoms in total. The van der Waals surface area contributed by atoms with Gasteiger partial charge in [0.15, 0.2) is 5.78 Å². The molecule has 0 bridgehead atoms. The van der Waals surface area contributed by atoms with Crippen LogP contribution in [0, 0.1) is 0 Å². The third kappa shape index (κ3) is 2.33. The molecular weight excluding hydrogens is 216 g/mol. The van der Waals surface area contributed by atoms with Gasteiger partial charge >= 0.3 is 5.63 Å². The lowest BCUT2D eigenvalue weighted by molar-refractivity contribution is 0.104. The van der Waals surface area contributed by atoms with E-state index < -0.39 is 5.63 Å². The van der Waals surface area contributed by atoms with Gasteiger partial charge < -0.3 is 4.42 Å². The monoisotopic (exact) mass is 228 g/mol. The van der Waals surface area contributed by atoms with E-state index in [1.165, 1.54) is 6.08 Å². The van der Waals surface area contributed by atoms with Crippen molar-refractivity contribution >= 4 is 16.8 Å². The zero-order valence-corrected chi connectivity index (χ0v) is 9.69. The van der Waals surface area contributed by atoms with E-state index >= 15 is 0 Å². The van der Waals surface area contributed by atoms with E-state index in [1.807, 2.05) is 6.07 Å². The highest BCUT2D eigenvalue weighted by Gasteiger charge is 2.10. The van der Waals surface area contributed by atoms with Crippen LogP contribution in [0.25, 0.3) is 11.0 Å². The molecule has 0 atom stereocenters. The zero-order chi connectivity index (χ0) is 12.4. The molecule has 0 aliphatic rings. The highest BCUT2D eigenvalue weighted by Crippen LogP contribution is 2.13. The highest BCUT2D eigenvalue weighted by atomic mass is 16.4. The van der Waals surface area contributed by atoms with E-state index in [2.05, 4.69) is 0 Å². The molecule has 0 radical (unpaired) electrons. The molecule has 17 heavy (non-hydrogen) atoms. The molecule has 1 aromatic carbocycles. The molecule has 0 aliphatic carbocycles. The van der Waals surface area contributed by atoms with Gasteiger partial charge in [-0.3, -0.25) is 4.79 Å². The molecule has 0 saturated heterocycles. The highest BCUT2D eigenvalue weighted by molar-refractivity contribution is 6.05. The summed E-state index contributed by atoms with van der Waals surface area (Å²) in [6.07, 6.45) is 1.43. The summed E-state index contributed by atoms with van der Waals surface area (Å²) >= 11 is 0. The van der Waals surface area contributed by atoms with Gasteiger partial charge in [-0.1, -0.05) is 23.8 Å². The fourth-order valence-corrected chi connectivity index (χ4v) is 1.57.